The molecule has 0 aliphatic heterocycles. The Morgan fingerprint density at radius 2 is 2.09 bits per heavy atom. The minimum absolute atomic E-state index is 0.0588. The number of benzene rings is 1. The van der Waals surface area contributed by atoms with Crippen LogP contribution in [-0.2, 0) is 11.2 Å². The van der Waals surface area contributed by atoms with Crippen molar-refractivity contribution in [3.8, 4) is 5.75 Å². The summed E-state index contributed by atoms with van der Waals surface area (Å²) in [6.07, 6.45) is 4.26. The fourth-order valence-corrected chi connectivity index (χ4v) is 3.33. The third-order valence-corrected chi connectivity index (χ3v) is 4.75. The van der Waals surface area contributed by atoms with E-state index in [-0.39, 0.29) is 12.0 Å². The van der Waals surface area contributed by atoms with Gasteiger partial charge in [0.1, 0.15) is 5.75 Å². The summed E-state index contributed by atoms with van der Waals surface area (Å²) in [7, 11) is 1.65. The quantitative estimate of drug-likeness (QED) is 0.847. The number of hydrogen-bond acceptors (Lipinski definition) is 3. The van der Waals surface area contributed by atoms with Crippen molar-refractivity contribution >= 4 is 5.91 Å². The maximum absolute atomic E-state index is 12.6. The molecule has 0 spiro atoms. The van der Waals surface area contributed by atoms with E-state index in [0.29, 0.717) is 18.9 Å². The van der Waals surface area contributed by atoms with Crippen LogP contribution in [0.25, 0.3) is 0 Å². The van der Waals surface area contributed by atoms with E-state index < -0.39 is 5.41 Å². The first kappa shape index (κ1) is 17.8. The molecule has 1 aromatic rings. The summed E-state index contributed by atoms with van der Waals surface area (Å²) in [4.78, 5) is 12.6. The molecule has 1 amide bonds. The van der Waals surface area contributed by atoms with Crippen LogP contribution in [0.1, 0.15) is 45.1 Å². The lowest BCUT2D eigenvalue weighted by molar-refractivity contribution is -0.129. The van der Waals surface area contributed by atoms with E-state index >= 15 is 0 Å². The Balaban J connectivity index is 1.91. The van der Waals surface area contributed by atoms with Crippen LogP contribution < -0.4 is 10.1 Å². The van der Waals surface area contributed by atoms with Crippen molar-refractivity contribution in [2.24, 2.45) is 11.3 Å². The van der Waals surface area contributed by atoms with Crippen molar-refractivity contribution in [3.63, 3.8) is 0 Å². The van der Waals surface area contributed by atoms with Crippen molar-refractivity contribution < 1.29 is 14.6 Å². The molecule has 128 valence electrons. The largest absolute Gasteiger partial charge is 0.496 e. The van der Waals surface area contributed by atoms with E-state index in [9.17, 15) is 9.90 Å². The van der Waals surface area contributed by atoms with E-state index in [4.69, 9.17) is 4.74 Å². The van der Waals surface area contributed by atoms with Gasteiger partial charge >= 0.3 is 0 Å². The van der Waals surface area contributed by atoms with Gasteiger partial charge < -0.3 is 15.2 Å². The van der Waals surface area contributed by atoms with E-state index in [2.05, 4.69) is 5.32 Å². The number of hydrogen-bond donors (Lipinski definition) is 2. The molecule has 1 aromatic carbocycles. The fourth-order valence-electron chi connectivity index (χ4n) is 3.33. The summed E-state index contributed by atoms with van der Waals surface area (Å²) in [6.45, 7) is 4.58. The van der Waals surface area contributed by atoms with Crippen molar-refractivity contribution in [2.45, 2.75) is 52.1 Å². The lowest BCUT2D eigenvalue weighted by Gasteiger charge is -2.29. The van der Waals surface area contributed by atoms with Gasteiger partial charge in [-0.05, 0) is 43.2 Å². The van der Waals surface area contributed by atoms with Gasteiger partial charge in [0.2, 0.25) is 5.91 Å². The van der Waals surface area contributed by atoms with Crippen LogP contribution >= 0.6 is 0 Å². The fraction of sp³-hybridized carbons (Fsp3) is 0.632. The van der Waals surface area contributed by atoms with Crippen molar-refractivity contribution in [1.82, 2.24) is 5.32 Å². The highest BCUT2D eigenvalue weighted by atomic mass is 16.5. The molecule has 0 bridgehead atoms. The van der Waals surface area contributed by atoms with Crippen LogP contribution in [0.3, 0.4) is 0 Å². The van der Waals surface area contributed by atoms with Gasteiger partial charge in [-0.3, -0.25) is 4.79 Å². The molecule has 0 heterocycles. The predicted octanol–water partition coefficient (Wildman–Crippen LogP) is 2.93. The van der Waals surface area contributed by atoms with Gasteiger partial charge in [-0.15, -0.1) is 0 Å². The third kappa shape index (κ3) is 4.96. The van der Waals surface area contributed by atoms with Crippen molar-refractivity contribution in [3.05, 3.63) is 29.8 Å². The minimum Gasteiger partial charge on any atom is -0.496 e. The van der Waals surface area contributed by atoms with E-state index in [1.165, 1.54) is 0 Å². The number of amides is 1. The highest BCUT2D eigenvalue weighted by Gasteiger charge is 2.30. The second-order valence-electron chi connectivity index (χ2n) is 7.27. The maximum atomic E-state index is 12.6. The minimum atomic E-state index is -0.498. The molecule has 0 saturated heterocycles. The Kier molecular flexibility index (Phi) is 6.05. The second kappa shape index (κ2) is 7.82. The number of carbonyl (C=O) groups is 1. The summed E-state index contributed by atoms with van der Waals surface area (Å²) in [5.74, 6) is 1.28. The van der Waals surface area contributed by atoms with Crippen molar-refractivity contribution in [1.29, 1.82) is 0 Å². The Morgan fingerprint density at radius 3 is 2.78 bits per heavy atom. The molecular weight excluding hydrogens is 290 g/mol. The van der Waals surface area contributed by atoms with Crippen LogP contribution in [0, 0.1) is 11.3 Å². The summed E-state index contributed by atoms with van der Waals surface area (Å²) >= 11 is 0. The number of nitrogens with one attached hydrogen (secondary N) is 1. The standard InChI is InChI=1S/C19H29NO3/c1-19(2,12-15-8-4-5-10-17(15)23-3)18(22)20-13-14-7-6-9-16(21)11-14/h4-5,8,10,14,16,21H,6-7,9,11-13H2,1-3H3,(H,20,22). The molecule has 0 radical (unpaired) electrons. The molecule has 2 rings (SSSR count). The highest BCUT2D eigenvalue weighted by Crippen LogP contribution is 2.28. The summed E-state index contributed by atoms with van der Waals surface area (Å²) in [5, 5.41) is 12.8. The average Bonchev–Trinajstić information content (AvgIpc) is 2.52. The van der Waals surface area contributed by atoms with Gasteiger partial charge in [-0.25, -0.2) is 0 Å². The van der Waals surface area contributed by atoms with Crippen LogP contribution in [0.15, 0.2) is 24.3 Å². The maximum Gasteiger partial charge on any atom is 0.226 e. The highest BCUT2D eigenvalue weighted by molar-refractivity contribution is 5.82. The zero-order chi connectivity index (χ0) is 16.9. The molecule has 1 aliphatic carbocycles. The molecule has 23 heavy (non-hydrogen) atoms. The predicted molar refractivity (Wildman–Crippen MR) is 91.5 cm³/mol. The summed E-state index contributed by atoms with van der Waals surface area (Å²) in [5.41, 5.74) is 0.547. The van der Waals surface area contributed by atoms with Crippen LogP contribution in [0.5, 0.6) is 5.75 Å². The van der Waals surface area contributed by atoms with Crippen LogP contribution in [0.4, 0.5) is 0 Å². The summed E-state index contributed by atoms with van der Waals surface area (Å²) in [6, 6.07) is 7.83. The number of ether oxygens (including phenoxy) is 1. The third-order valence-electron chi connectivity index (χ3n) is 4.75. The molecule has 2 atom stereocenters. The number of aliphatic hydroxyl groups excluding tert-OH is 1. The second-order valence-corrected chi connectivity index (χ2v) is 7.27. The Morgan fingerprint density at radius 1 is 1.35 bits per heavy atom. The molecule has 4 nitrogen and oxygen atoms in total. The Bertz CT molecular complexity index is 527. The molecule has 2 unspecified atom stereocenters. The van der Waals surface area contributed by atoms with Gasteiger partial charge in [0.25, 0.3) is 0 Å². The molecule has 2 N–H and O–H groups in total. The number of aliphatic hydroxyl groups is 1. The molecule has 0 aromatic heterocycles. The number of methoxy groups -OCH3 is 1. The van der Waals surface area contributed by atoms with Crippen LogP contribution in [-0.4, -0.2) is 30.8 Å². The molecule has 1 fully saturated rings. The zero-order valence-corrected chi connectivity index (χ0v) is 14.5. The Labute approximate surface area is 139 Å². The topological polar surface area (TPSA) is 58.6 Å². The zero-order valence-electron chi connectivity index (χ0n) is 14.5. The number of para-hydroxylation sites is 1. The monoisotopic (exact) mass is 319 g/mol. The van der Waals surface area contributed by atoms with Gasteiger partial charge in [0, 0.05) is 12.0 Å². The van der Waals surface area contributed by atoms with Crippen molar-refractivity contribution in [2.75, 3.05) is 13.7 Å². The normalized spacial score (nSPS) is 21.7. The lowest BCUT2D eigenvalue weighted by Crippen LogP contribution is -2.41. The number of rotatable bonds is 6. The molecule has 1 saturated carbocycles. The average molecular weight is 319 g/mol. The first-order valence-corrected chi connectivity index (χ1v) is 8.50. The first-order valence-electron chi connectivity index (χ1n) is 8.50. The van der Waals surface area contributed by atoms with Gasteiger partial charge in [0.05, 0.1) is 13.2 Å². The SMILES string of the molecule is COc1ccccc1CC(C)(C)C(=O)NCC1CCCC(O)C1. The lowest BCUT2D eigenvalue weighted by atomic mass is 9.83. The molecular formula is C19H29NO3. The van der Waals surface area contributed by atoms with Gasteiger partial charge in [0.15, 0.2) is 0 Å². The van der Waals surface area contributed by atoms with Crippen LogP contribution in [0.2, 0.25) is 0 Å². The Hall–Kier alpha value is -1.55. The number of carbonyl (C=O) groups excluding carboxylic acids is 1. The van der Waals surface area contributed by atoms with E-state index in [1.54, 1.807) is 7.11 Å². The molecule has 1 aliphatic rings. The smallest absolute Gasteiger partial charge is 0.226 e. The van der Waals surface area contributed by atoms with Gasteiger partial charge in [-0.1, -0.05) is 38.5 Å². The first-order chi connectivity index (χ1) is 10.9. The van der Waals surface area contributed by atoms with E-state index in [0.717, 1.165) is 37.0 Å². The van der Waals surface area contributed by atoms with E-state index in [1.807, 2.05) is 38.1 Å². The van der Waals surface area contributed by atoms with Gasteiger partial charge in [-0.2, -0.15) is 0 Å². The summed E-state index contributed by atoms with van der Waals surface area (Å²) < 4.78 is 5.38. The molecule has 4 heteroatoms.